The first-order chi connectivity index (χ1) is 4.46. The predicted octanol–water partition coefficient (Wildman–Crippen LogP) is -4.07. The molecule has 0 aliphatic heterocycles. The van der Waals surface area contributed by atoms with Crippen molar-refractivity contribution in [3.8, 4) is 0 Å². The molecule has 0 radical (unpaired) electrons. The molecule has 9 heteroatoms. The summed E-state index contributed by atoms with van der Waals surface area (Å²) in [5.74, 6) is -3.54. The molecular weight excluding hydrogens is 229 g/mol. The molecule has 0 aliphatic rings. The molecule has 2 unspecified atom stereocenters. The summed E-state index contributed by atoms with van der Waals surface area (Å²) in [6.07, 6.45) is -4.53. The standard InChI is InChI=1S/C4H6O6.K.2Na.3H/c5-1(3(7)8)2(6)4(9)10;;;;;;/h1-2,5-6H,(H,7,8)(H,9,10);;;;;;. The first kappa shape index (κ1) is 24.6. The maximum atomic E-state index is 9.77. The summed E-state index contributed by atoms with van der Waals surface area (Å²) in [6, 6.07) is 0. The third-order valence-corrected chi connectivity index (χ3v) is 0.805. The summed E-state index contributed by atoms with van der Waals surface area (Å²) >= 11 is 0. The van der Waals surface area contributed by atoms with Gasteiger partial charge in [0, 0.05) is 0 Å². The fourth-order valence-electron chi connectivity index (χ4n) is 0.270. The summed E-state index contributed by atoms with van der Waals surface area (Å²) in [5.41, 5.74) is 0. The van der Waals surface area contributed by atoms with Crippen molar-refractivity contribution >= 4 is 122 Å². The van der Waals surface area contributed by atoms with Crippen LogP contribution in [-0.2, 0) is 9.59 Å². The van der Waals surface area contributed by atoms with Crippen molar-refractivity contribution in [3.63, 3.8) is 0 Å². The molecule has 64 valence electrons. The van der Waals surface area contributed by atoms with E-state index in [1.54, 1.807) is 0 Å². The van der Waals surface area contributed by atoms with Crippen LogP contribution in [0.5, 0.6) is 0 Å². The average Bonchev–Trinajstić information content (AvgIpc) is 1.84. The van der Waals surface area contributed by atoms with Crippen LogP contribution in [0, 0.1) is 0 Å². The Balaban J connectivity index is -0.000000135. The Morgan fingerprint density at radius 1 is 0.846 bits per heavy atom. The number of rotatable bonds is 3. The number of carbonyl (C=O) groups is 2. The zero-order chi connectivity index (χ0) is 8.31. The van der Waals surface area contributed by atoms with Crippen molar-refractivity contribution in [1.29, 1.82) is 0 Å². The Kier molecular flexibility index (Phi) is 23.8. The molecule has 0 aromatic rings. The second-order valence-corrected chi connectivity index (χ2v) is 1.57. The third-order valence-electron chi connectivity index (χ3n) is 0.805. The molecule has 0 saturated carbocycles. The SMILES string of the molecule is O=C(O)C(O)C(O)C(=O)O.[KH].[NaH].[NaH]. The van der Waals surface area contributed by atoms with E-state index in [1.165, 1.54) is 0 Å². The Morgan fingerprint density at radius 2 is 1.00 bits per heavy atom. The fourth-order valence-corrected chi connectivity index (χ4v) is 0.270. The van der Waals surface area contributed by atoms with E-state index in [1.807, 2.05) is 0 Å². The van der Waals surface area contributed by atoms with Gasteiger partial charge in [-0.2, -0.15) is 0 Å². The van der Waals surface area contributed by atoms with E-state index in [2.05, 4.69) is 0 Å². The summed E-state index contributed by atoms with van der Waals surface area (Å²) in [4.78, 5) is 19.5. The Morgan fingerprint density at radius 3 is 1.08 bits per heavy atom. The van der Waals surface area contributed by atoms with Crippen LogP contribution in [0.1, 0.15) is 0 Å². The zero-order valence-electron chi connectivity index (χ0n) is 4.76. The zero-order valence-corrected chi connectivity index (χ0v) is 4.76. The number of carboxylic acid groups (broad SMARTS) is 2. The molecule has 0 rings (SSSR count). The Labute approximate surface area is 161 Å². The van der Waals surface area contributed by atoms with Crippen LogP contribution in [-0.4, -0.2) is 155 Å². The number of aliphatic hydroxyl groups excluding tert-OH is 2. The van der Waals surface area contributed by atoms with Crippen LogP contribution < -0.4 is 0 Å². The first-order valence-electron chi connectivity index (χ1n) is 2.28. The van der Waals surface area contributed by atoms with Gasteiger partial charge < -0.3 is 20.4 Å². The number of aliphatic hydroxyl groups is 2. The van der Waals surface area contributed by atoms with Crippen LogP contribution >= 0.6 is 0 Å². The molecule has 0 saturated heterocycles. The van der Waals surface area contributed by atoms with Crippen molar-refractivity contribution in [2.24, 2.45) is 0 Å². The molecule has 0 aromatic heterocycles. The van der Waals surface area contributed by atoms with Crippen LogP contribution in [0.15, 0.2) is 0 Å². The number of hydrogen-bond acceptors (Lipinski definition) is 4. The van der Waals surface area contributed by atoms with Crippen LogP contribution in [0.2, 0.25) is 0 Å². The maximum absolute atomic E-state index is 9.77. The Bertz CT molecular complexity index is 147. The van der Waals surface area contributed by atoms with Gasteiger partial charge in [0.15, 0.2) is 12.2 Å². The van der Waals surface area contributed by atoms with Gasteiger partial charge in [0.25, 0.3) is 0 Å². The van der Waals surface area contributed by atoms with Crippen LogP contribution in [0.3, 0.4) is 0 Å². The van der Waals surface area contributed by atoms with Crippen molar-refractivity contribution in [2.75, 3.05) is 0 Å². The molecule has 0 aromatic carbocycles. The fraction of sp³-hybridized carbons (Fsp3) is 0.500. The van der Waals surface area contributed by atoms with Gasteiger partial charge in [-0.05, 0) is 0 Å². The minimum atomic E-state index is -2.27. The number of carboxylic acids is 2. The van der Waals surface area contributed by atoms with Gasteiger partial charge in [-0.15, -0.1) is 0 Å². The van der Waals surface area contributed by atoms with Gasteiger partial charge in [-0.1, -0.05) is 0 Å². The van der Waals surface area contributed by atoms with E-state index in [0.29, 0.717) is 0 Å². The van der Waals surface area contributed by atoms with Crippen molar-refractivity contribution in [3.05, 3.63) is 0 Å². The van der Waals surface area contributed by atoms with Crippen LogP contribution in [0.25, 0.3) is 0 Å². The Hall–Kier alpha value is 2.50. The molecule has 4 N–H and O–H groups in total. The number of aliphatic carboxylic acids is 2. The third kappa shape index (κ3) is 10.8. The van der Waals surface area contributed by atoms with Gasteiger partial charge >= 0.3 is 122 Å². The van der Waals surface area contributed by atoms with Crippen molar-refractivity contribution in [1.82, 2.24) is 0 Å². The predicted molar refractivity (Wildman–Crippen MR) is 48.7 cm³/mol. The molecular formula is C4H9KNa2O6. The molecule has 0 bridgehead atoms. The van der Waals surface area contributed by atoms with E-state index >= 15 is 0 Å². The van der Waals surface area contributed by atoms with Gasteiger partial charge in [-0.25, -0.2) is 9.59 Å². The first-order valence-corrected chi connectivity index (χ1v) is 2.28. The quantitative estimate of drug-likeness (QED) is 0.372. The molecule has 0 amide bonds. The molecule has 2 atom stereocenters. The van der Waals surface area contributed by atoms with Gasteiger partial charge in [0.1, 0.15) is 0 Å². The summed E-state index contributed by atoms with van der Waals surface area (Å²) in [6.45, 7) is 0. The van der Waals surface area contributed by atoms with E-state index in [4.69, 9.17) is 20.4 Å². The van der Waals surface area contributed by atoms with Crippen molar-refractivity contribution < 1.29 is 30.0 Å². The molecule has 6 nitrogen and oxygen atoms in total. The second-order valence-electron chi connectivity index (χ2n) is 1.57. The van der Waals surface area contributed by atoms with Crippen LogP contribution in [0.4, 0.5) is 0 Å². The number of hydrogen-bond donors (Lipinski definition) is 4. The summed E-state index contributed by atoms with van der Waals surface area (Å²) in [7, 11) is 0. The van der Waals surface area contributed by atoms with Gasteiger partial charge in [-0.3, -0.25) is 0 Å². The average molecular weight is 238 g/mol. The van der Waals surface area contributed by atoms with Gasteiger partial charge in [0.2, 0.25) is 0 Å². The second kappa shape index (κ2) is 12.6. The van der Waals surface area contributed by atoms with E-state index in [9.17, 15) is 9.59 Å². The minimum absolute atomic E-state index is 0. The van der Waals surface area contributed by atoms with Gasteiger partial charge in [0.05, 0.1) is 0 Å². The molecule has 0 heterocycles. The topological polar surface area (TPSA) is 115 Å². The monoisotopic (exact) mass is 238 g/mol. The van der Waals surface area contributed by atoms with E-state index in [-0.39, 0.29) is 110 Å². The van der Waals surface area contributed by atoms with E-state index in [0.717, 1.165) is 0 Å². The van der Waals surface area contributed by atoms with E-state index < -0.39 is 24.1 Å². The molecule has 0 spiro atoms. The summed E-state index contributed by atoms with van der Waals surface area (Å²) in [5, 5.41) is 32.5. The normalized spacial score (nSPS) is 12.2. The molecule has 13 heavy (non-hydrogen) atoms. The van der Waals surface area contributed by atoms with Crippen molar-refractivity contribution in [2.45, 2.75) is 12.2 Å². The molecule has 0 aliphatic carbocycles. The summed E-state index contributed by atoms with van der Waals surface area (Å²) < 4.78 is 0. The molecule has 0 fully saturated rings.